The van der Waals surface area contributed by atoms with E-state index < -0.39 is 0 Å². The van der Waals surface area contributed by atoms with Crippen molar-refractivity contribution in [2.75, 3.05) is 0 Å². The van der Waals surface area contributed by atoms with E-state index in [-0.39, 0.29) is 11.0 Å². The molecule has 15 heavy (non-hydrogen) atoms. The van der Waals surface area contributed by atoms with Crippen LogP contribution in [0.3, 0.4) is 0 Å². The highest BCUT2D eigenvalue weighted by Crippen LogP contribution is 2.28. The Bertz CT molecular complexity index is 468. The molecule has 0 unspecified atom stereocenters. The minimum absolute atomic E-state index is 0.174. The molecule has 0 bridgehead atoms. The Morgan fingerprint density at radius 2 is 2.13 bits per heavy atom. The molecule has 5 heteroatoms. The van der Waals surface area contributed by atoms with E-state index in [4.69, 9.17) is 12.2 Å². The summed E-state index contributed by atoms with van der Waals surface area (Å²) in [6.45, 7) is 0. The molecule has 0 atom stereocenters. The fourth-order valence-corrected chi connectivity index (χ4v) is 2.20. The third-order valence-corrected chi connectivity index (χ3v) is 3.15. The van der Waals surface area contributed by atoms with Gasteiger partial charge in [-0.2, -0.15) is 0 Å². The van der Waals surface area contributed by atoms with E-state index in [1.807, 2.05) is 6.07 Å². The maximum atomic E-state index is 11.0. The van der Waals surface area contributed by atoms with Gasteiger partial charge in [0.25, 0.3) is 5.24 Å². The number of benzene rings is 1. The zero-order valence-corrected chi connectivity index (χ0v) is 9.19. The summed E-state index contributed by atoms with van der Waals surface area (Å²) in [7, 11) is 0. The average Bonchev–Trinajstić information content (AvgIpc) is 2.49. The summed E-state index contributed by atoms with van der Waals surface area (Å²) in [4.78, 5) is 12.1. The fourth-order valence-electron chi connectivity index (χ4n) is 1.17. The number of thiocarbonyl (C=S) groups is 1. The molecule has 0 saturated carbocycles. The number of phenolic OH excluding ortho intramolecular Hbond substituents is 1. The van der Waals surface area contributed by atoms with Crippen LogP contribution >= 0.6 is 24.0 Å². The molecule has 1 aromatic rings. The Balaban J connectivity index is 2.35. The number of phenols is 1. The summed E-state index contributed by atoms with van der Waals surface area (Å²) in [5.74, 6) is 0.174. The Hall–Kier alpha value is -1.33. The third-order valence-electron chi connectivity index (χ3n) is 1.87. The van der Waals surface area contributed by atoms with Crippen LogP contribution in [0.25, 0.3) is 6.08 Å². The number of aromatic hydroxyl groups is 1. The van der Waals surface area contributed by atoms with Gasteiger partial charge in [0, 0.05) is 5.56 Å². The van der Waals surface area contributed by atoms with Crippen molar-refractivity contribution in [1.82, 2.24) is 5.32 Å². The molecule has 0 spiro atoms. The number of carbonyl (C=O) groups is 1. The first-order valence-electron chi connectivity index (χ1n) is 4.19. The van der Waals surface area contributed by atoms with Gasteiger partial charge in [0.15, 0.2) is 0 Å². The molecule has 1 saturated heterocycles. The van der Waals surface area contributed by atoms with Crippen LogP contribution in [-0.2, 0) is 0 Å². The van der Waals surface area contributed by atoms with Gasteiger partial charge >= 0.3 is 0 Å². The Kier molecular flexibility index (Phi) is 2.75. The second kappa shape index (κ2) is 4.04. The molecule has 1 heterocycles. The van der Waals surface area contributed by atoms with Crippen molar-refractivity contribution in [2.45, 2.75) is 0 Å². The minimum atomic E-state index is -0.179. The number of thioether (sulfide) groups is 1. The lowest BCUT2D eigenvalue weighted by Crippen LogP contribution is -2.15. The Morgan fingerprint density at radius 3 is 2.73 bits per heavy atom. The molecule has 1 aliphatic rings. The zero-order chi connectivity index (χ0) is 10.8. The topological polar surface area (TPSA) is 49.3 Å². The van der Waals surface area contributed by atoms with Crippen LogP contribution in [0.5, 0.6) is 5.75 Å². The molecule has 76 valence electrons. The van der Waals surface area contributed by atoms with Gasteiger partial charge in [0.05, 0.1) is 4.91 Å². The predicted molar refractivity (Wildman–Crippen MR) is 64.8 cm³/mol. The van der Waals surface area contributed by atoms with E-state index >= 15 is 0 Å². The second-order valence-electron chi connectivity index (χ2n) is 2.91. The third kappa shape index (κ3) is 2.19. The fraction of sp³-hybridized carbons (Fsp3) is 0. The highest BCUT2D eigenvalue weighted by Gasteiger charge is 2.21. The van der Waals surface area contributed by atoms with Crippen molar-refractivity contribution in [2.24, 2.45) is 0 Å². The smallest absolute Gasteiger partial charge is 0.289 e. The van der Waals surface area contributed by atoms with E-state index in [0.29, 0.717) is 15.5 Å². The molecule has 1 aliphatic heterocycles. The Labute approximate surface area is 96.2 Å². The highest BCUT2D eigenvalue weighted by molar-refractivity contribution is 8.19. The van der Waals surface area contributed by atoms with Crippen molar-refractivity contribution in [1.29, 1.82) is 0 Å². The van der Waals surface area contributed by atoms with Crippen LogP contribution < -0.4 is 5.32 Å². The standard InChI is InChI=1S/C10H7NO2S2/c12-7-4-2-1-3-6(7)5-8-9(14)11-10(13)15-8/h1-5,12H,(H,11,13,14)/b8-5+. The van der Waals surface area contributed by atoms with Crippen molar-refractivity contribution >= 4 is 40.3 Å². The van der Waals surface area contributed by atoms with Gasteiger partial charge in [0.2, 0.25) is 0 Å². The number of para-hydroxylation sites is 1. The summed E-state index contributed by atoms with van der Waals surface area (Å²) in [5, 5.41) is 11.9. The summed E-state index contributed by atoms with van der Waals surface area (Å²) >= 11 is 5.99. The lowest BCUT2D eigenvalue weighted by Gasteiger charge is -1.98. The summed E-state index contributed by atoms with van der Waals surface area (Å²) in [5.41, 5.74) is 0.652. The van der Waals surface area contributed by atoms with Crippen molar-refractivity contribution in [3.05, 3.63) is 34.7 Å². The monoisotopic (exact) mass is 237 g/mol. The van der Waals surface area contributed by atoms with Crippen LogP contribution in [0.1, 0.15) is 5.56 Å². The van der Waals surface area contributed by atoms with Gasteiger partial charge in [-0.05, 0) is 23.9 Å². The van der Waals surface area contributed by atoms with Gasteiger partial charge in [-0.15, -0.1) is 0 Å². The first kappa shape index (κ1) is 10.2. The maximum absolute atomic E-state index is 11.0. The number of hydrogen-bond donors (Lipinski definition) is 2. The second-order valence-corrected chi connectivity index (χ2v) is 4.33. The predicted octanol–water partition coefficient (Wildman–Crippen LogP) is 2.52. The molecule has 2 rings (SSSR count). The SMILES string of the molecule is O=C1NC(=S)/C(=C\c2ccccc2O)S1. The lowest BCUT2D eigenvalue weighted by molar-refractivity contribution is 0.265. The van der Waals surface area contributed by atoms with Crippen LogP contribution in [0.2, 0.25) is 0 Å². The molecular formula is C10H7NO2S2. The molecule has 1 aromatic carbocycles. The first-order chi connectivity index (χ1) is 7.16. The van der Waals surface area contributed by atoms with E-state index in [9.17, 15) is 9.90 Å². The van der Waals surface area contributed by atoms with Gasteiger partial charge in [-0.25, -0.2) is 0 Å². The summed E-state index contributed by atoms with van der Waals surface area (Å²) in [6, 6.07) is 6.89. The largest absolute Gasteiger partial charge is 0.507 e. The van der Waals surface area contributed by atoms with Gasteiger partial charge < -0.3 is 10.4 Å². The van der Waals surface area contributed by atoms with Crippen molar-refractivity contribution in [3.8, 4) is 5.75 Å². The van der Waals surface area contributed by atoms with Gasteiger partial charge in [0.1, 0.15) is 10.7 Å². The maximum Gasteiger partial charge on any atom is 0.289 e. The van der Waals surface area contributed by atoms with Crippen molar-refractivity contribution < 1.29 is 9.90 Å². The van der Waals surface area contributed by atoms with E-state index in [1.165, 1.54) is 0 Å². The highest BCUT2D eigenvalue weighted by atomic mass is 32.2. The summed E-state index contributed by atoms with van der Waals surface area (Å²) < 4.78 is 0. The molecular weight excluding hydrogens is 230 g/mol. The van der Waals surface area contributed by atoms with E-state index in [0.717, 1.165) is 11.8 Å². The van der Waals surface area contributed by atoms with Crippen LogP contribution in [0.15, 0.2) is 29.2 Å². The van der Waals surface area contributed by atoms with Crippen LogP contribution in [-0.4, -0.2) is 15.3 Å². The molecule has 0 radical (unpaired) electrons. The Morgan fingerprint density at radius 1 is 1.40 bits per heavy atom. The molecule has 0 aromatic heterocycles. The van der Waals surface area contributed by atoms with Gasteiger partial charge in [-0.1, -0.05) is 30.4 Å². The minimum Gasteiger partial charge on any atom is -0.507 e. The van der Waals surface area contributed by atoms with Crippen LogP contribution in [0, 0.1) is 0 Å². The lowest BCUT2D eigenvalue weighted by atomic mass is 10.2. The normalized spacial score (nSPS) is 18.3. The zero-order valence-electron chi connectivity index (χ0n) is 7.56. The molecule has 1 fully saturated rings. The van der Waals surface area contributed by atoms with Gasteiger partial charge in [-0.3, -0.25) is 4.79 Å². The quantitative estimate of drug-likeness (QED) is 0.582. The number of rotatable bonds is 1. The number of amides is 1. The van der Waals surface area contributed by atoms with Crippen LogP contribution in [0.4, 0.5) is 4.79 Å². The number of nitrogens with one attached hydrogen (secondary N) is 1. The summed E-state index contributed by atoms with van der Waals surface area (Å²) in [6.07, 6.45) is 1.69. The number of hydrogen-bond acceptors (Lipinski definition) is 4. The van der Waals surface area contributed by atoms with E-state index in [2.05, 4.69) is 5.32 Å². The molecule has 0 aliphatic carbocycles. The first-order valence-corrected chi connectivity index (χ1v) is 5.42. The number of carbonyl (C=O) groups excluding carboxylic acids is 1. The molecule has 1 amide bonds. The average molecular weight is 237 g/mol. The van der Waals surface area contributed by atoms with Crippen molar-refractivity contribution in [3.63, 3.8) is 0 Å². The van der Waals surface area contributed by atoms with E-state index in [1.54, 1.807) is 24.3 Å². The molecule has 3 nitrogen and oxygen atoms in total. The molecule has 2 N–H and O–H groups in total.